The van der Waals surface area contributed by atoms with E-state index in [1.54, 1.807) is 36.0 Å². The molecular formula is C18H16Cl2N2O3S. The van der Waals surface area contributed by atoms with Crippen LogP contribution in [0, 0.1) is 10.1 Å². The lowest BCUT2D eigenvalue weighted by atomic mass is 10.1. The molecule has 0 bridgehead atoms. The molecule has 2 aromatic rings. The molecule has 0 N–H and O–H groups in total. The second kappa shape index (κ2) is 8.29. The van der Waals surface area contributed by atoms with Crippen molar-refractivity contribution in [2.24, 2.45) is 0 Å². The lowest BCUT2D eigenvalue weighted by Crippen LogP contribution is -2.30. The van der Waals surface area contributed by atoms with Crippen molar-refractivity contribution in [3.63, 3.8) is 0 Å². The van der Waals surface area contributed by atoms with E-state index < -0.39 is 4.92 Å². The maximum Gasteiger partial charge on any atom is 0.269 e. The Morgan fingerprint density at radius 2 is 1.96 bits per heavy atom. The van der Waals surface area contributed by atoms with Gasteiger partial charge >= 0.3 is 0 Å². The number of hydrogen-bond acceptors (Lipinski definition) is 4. The van der Waals surface area contributed by atoms with Gasteiger partial charge in [-0.3, -0.25) is 14.9 Å². The molecule has 0 radical (unpaired) electrons. The molecule has 26 heavy (non-hydrogen) atoms. The molecule has 0 aliphatic carbocycles. The van der Waals surface area contributed by atoms with Crippen molar-refractivity contribution in [2.75, 3.05) is 12.3 Å². The van der Waals surface area contributed by atoms with Gasteiger partial charge in [0.2, 0.25) is 5.91 Å². The van der Waals surface area contributed by atoms with Crippen LogP contribution >= 0.6 is 35.0 Å². The van der Waals surface area contributed by atoms with Crippen LogP contribution in [0.1, 0.15) is 22.9 Å². The number of aryl methyl sites for hydroxylation is 1. The fraction of sp³-hybridized carbons (Fsp3) is 0.278. The normalized spacial score (nSPS) is 16.7. The van der Waals surface area contributed by atoms with Gasteiger partial charge in [-0.05, 0) is 41.8 Å². The second-order valence-corrected chi connectivity index (χ2v) is 7.93. The summed E-state index contributed by atoms with van der Waals surface area (Å²) < 4.78 is 0. The molecule has 2 aromatic carbocycles. The first-order chi connectivity index (χ1) is 12.5. The van der Waals surface area contributed by atoms with Gasteiger partial charge in [0, 0.05) is 40.9 Å². The molecule has 0 saturated carbocycles. The number of nitro benzene ring substituents is 1. The maximum absolute atomic E-state index is 12.7. The Morgan fingerprint density at radius 3 is 2.62 bits per heavy atom. The molecule has 8 heteroatoms. The quantitative estimate of drug-likeness (QED) is 0.507. The molecule has 1 heterocycles. The molecule has 1 amide bonds. The van der Waals surface area contributed by atoms with Crippen molar-refractivity contribution in [1.82, 2.24) is 4.90 Å². The maximum atomic E-state index is 12.7. The Morgan fingerprint density at radius 1 is 1.23 bits per heavy atom. The minimum Gasteiger partial charge on any atom is -0.326 e. The Hall–Kier alpha value is -1.76. The van der Waals surface area contributed by atoms with Crippen LogP contribution in [-0.4, -0.2) is 28.0 Å². The van der Waals surface area contributed by atoms with E-state index >= 15 is 0 Å². The van der Waals surface area contributed by atoms with Crippen LogP contribution in [0.5, 0.6) is 0 Å². The van der Waals surface area contributed by atoms with Gasteiger partial charge in [-0.1, -0.05) is 29.3 Å². The zero-order valence-electron chi connectivity index (χ0n) is 13.7. The zero-order valence-corrected chi connectivity index (χ0v) is 16.1. The predicted molar refractivity (Wildman–Crippen MR) is 105 cm³/mol. The van der Waals surface area contributed by atoms with Crippen LogP contribution < -0.4 is 0 Å². The molecule has 1 aliphatic rings. The average molecular weight is 411 g/mol. The Kier molecular flexibility index (Phi) is 6.06. The van der Waals surface area contributed by atoms with Gasteiger partial charge in [0.15, 0.2) is 0 Å². The molecule has 0 aromatic heterocycles. The van der Waals surface area contributed by atoms with Crippen LogP contribution in [0.15, 0.2) is 42.5 Å². The number of benzene rings is 2. The summed E-state index contributed by atoms with van der Waals surface area (Å²) in [4.78, 5) is 24.9. The number of halogens is 2. The topological polar surface area (TPSA) is 63.5 Å². The number of nitrogens with zero attached hydrogens (tertiary/aromatic N) is 2. The summed E-state index contributed by atoms with van der Waals surface area (Å²) in [7, 11) is 0. The molecule has 5 nitrogen and oxygen atoms in total. The summed E-state index contributed by atoms with van der Waals surface area (Å²) in [5.74, 6) is 0.888. The zero-order chi connectivity index (χ0) is 18.7. The minimum absolute atomic E-state index is 0.0457. The lowest BCUT2D eigenvalue weighted by Gasteiger charge is -2.24. The fourth-order valence-electron chi connectivity index (χ4n) is 2.87. The monoisotopic (exact) mass is 410 g/mol. The summed E-state index contributed by atoms with van der Waals surface area (Å²) in [5, 5.41) is 11.8. The number of hydrogen-bond donors (Lipinski definition) is 0. The highest BCUT2D eigenvalue weighted by atomic mass is 35.5. The first kappa shape index (κ1) is 19.0. The van der Waals surface area contributed by atoms with E-state index in [0.29, 0.717) is 29.4 Å². The van der Waals surface area contributed by atoms with Crippen molar-refractivity contribution in [2.45, 2.75) is 18.2 Å². The number of carbonyl (C=O) groups excluding carboxylic acids is 1. The standard InChI is InChI=1S/C18H16Cl2N2O3S/c19-14-5-1-12(16(20)11-14)4-8-17(23)21-9-10-26-18(21)13-2-6-15(7-3-13)22(24)25/h1-3,5-7,11,18H,4,8-10H2/t18-/m0/s1. The number of amides is 1. The highest BCUT2D eigenvalue weighted by Gasteiger charge is 2.30. The molecule has 1 fully saturated rings. The van der Waals surface area contributed by atoms with Crippen molar-refractivity contribution in [3.05, 3.63) is 73.8 Å². The van der Waals surface area contributed by atoms with Crippen molar-refractivity contribution < 1.29 is 9.72 Å². The van der Waals surface area contributed by atoms with Gasteiger partial charge in [0.1, 0.15) is 5.37 Å². The summed E-state index contributed by atoms with van der Waals surface area (Å²) in [6.45, 7) is 0.666. The lowest BCUT2D eigenvalue weighted by molar-refractivity contribution is -0.384. The van der Waals surface area contributed by atoms with Crippen molar-refractivity contribution in [1.29, 1.82) is 0 Å². The van der Waals surface area contributed by atoms with Crippen molar-refractivity contribution in [3.8, 4) is 0 Å². The van der Waals surface area contributed by atoms with Gasteiger partial charge in [0.25, 0.3) is 5.69 Å². The van der Waals surface area contributed by atoms with Gasteiger partial charge in [-0.2, -0.15) is 0 Å². The molecule has 1 saturated heterocycles. The van der Waals surface area contributed by atoms with Gasteiger partial charge in [0.05, 0.1) is 4.92 Å². The fourth-order valence-corrected chi connectivity index (χ4v) is 4.65. The molecule has 136 valence electrons. The number of carbonyl (C=O) groups is 1. The molecule has 1 aliphatic heterocycles. The smallest absolute Gasteiger partial charge is 0.269 e. The highest BCUT2D eigenvalue weighted by Crippen LogP contribution is 2.38. The van der Waals surface area contributed by atoms with Gasteiger partial charge in [-0.25, -0.2) is 0 Å². The first-order valence-electron chi connectivity index (χ1n) is 8.05. The Labute approximate surface area is 165 Å². The average Bonchev–Trinajstić information content (AvgIpc) is 3.10. The first-order valence-corrected chi connectivity index (χ1v) is 9.85. The SMILES string of the molecule is O=C(CCc1ccc(Cl)cc1Cl)N1CCS[C@H]1c1ccc([N+](=O)[O-])cc1. The largest absolute Gasteiger partial charge is 0.326 e. The molecule has 1 atom stereocenters. The summed E-state index contributed by atoms with van der Waals surface area (Å²) in [5.41, 5.74) is 1.84. The molecule has 0 unspecified atom stereocenters. The van der Waals surface area contributed by atoms with E-state index in [9.17, 15) is 14.9 Å². The summed E-state index contributed by atoms with van der Waals surface area (Å²) in [6, 6.07) is 11.7. The van der Waals surface area contributed by atoms with Crippen molar-refractivity contribution >= 4 is 46.6 Å². The predicted octanol–water partition coefficient (Wildman–Crippen LogP) is 5.11. The van der Waals surface area contributed by atoms with E-state index in [-0.39, 0.29) is 17.0 Å². The number of nitro groups is 1. The molecule has 3 rings (SSSR count). The van der Waals surface area contributed by atoms with E-state index in [0.717, 1.165) is 16.9 Å². The van der Waals surface area contributed by atoms with Gasteiger partial charge < -0.3 is 4.90 Å². The second-order valence-electron chi connectivity index (χ2n) is 5.89. The van der Waals surface area contributed by atoms with Crippen LogP contribution in [0.3, 0.4) is 0 Å². The van der Waals surface area contributed by atoms with Crippen LogP contribution in [-0.2, 0) is 11.2 Å². The van der Waals surface area contributed by atoms with E-state index in [1.165, 1.54) is 12.1 Å². The highest BCUT2D eigenvalue weighted by molar-refractivity contribution is 7.99. The third-order valence-electron chi connectivity index (χ3n) is 4.22. The Balaban J connectivity index is 1.67. The third kappa shape index (κ3) is 4.31. The Bertz CT molecular complexity index is 830. The van der Waals surface area contributed by atoms with Crippen LogP contribution in [0.2, 0.25) is 10.0 Å². The minimum atomic E-state index is -0.426. The number of rotatable bonds is 5. The number of thioether (sulfide) groups is 1. The van der Waals surface area contributed by atoms with Crippen LogP contribution in [0.25, 0.3) is 0 Å². The molecular weight excluding hydrogens is 395 g/mol. The van der Waals surface area contributed by atoms with Gasteiger partial charge in [-0.15, -0.1) is 11.8 Å². The van der Waals surface area contributed by atoms with Crippen LogP contribution in [0.4, 0.5) is 5.69 Å². The van der Waals surface area contributed by atoms with E-state index in [4.69, 9.17) is 23.2 Å². The summed E-state index contributed by atoms with van der Waals surface area (Å²) >= 11 is 13.7. The summed E-state index contributed by atoms with van der Waals surface area (Å²) in [6.07, 6.45) is 0.897. The molecule has 0 spiro atoms. The number of non-ortho nitro benzene ring substituents is 1. The van der Waals surface area contributed by atoms with E-state index in [2.05, 4.69) is 0 Å². The third-order valence-corrected chi connectivity index (χ3v) is 6.07. The van der Waals surface area contributed by atoms with E-state index in [1.807, 2.05) is 11.0 Å².